The van der Waals surface area contributed by atoms with Crippen LogP contribution in [0.2, 0.25) is 0 Å². The first-order valence-corrected chi connectivity index (χ1v) is 8.27. The average molecular weight is 330 g/mol. The number of methoxy groups -OCH3 is 1. The molecular weight excluding hydrogens is 308 g/mol. The Morgan fingerprint density at radius 1 is 1.38 bits per heavy atom. The number of nitrogens with zero attached hydrogens (tertiary/aromatic N) is 1. The van der Waals surface area contributed by atoms with E-state index in [-0.39, 0.29) is 18.3 Å². The van der Waals surface area contributed by atoms with Crippen molar-refractivity contribution in [3.05, 3.63) is 36.0 Å². The van der Waals surface area contributed by atoms with Gasteiger partial charge in [-0.05, 0) is 36.6 Å². The number of ether oxygens (including phenoxy) is 1. The van der Waals surface area contributed by atoms with Crippen molar-refractivity contribution in [2.75, 3.05) is 20.2 Å². The lowest BCUT2D eigenvalue weighted by atomic mass is 9.81. The van der Waals surface area contributed by atoms with E-state index < -0.39 is 5.97 Å². The molecule has 2 N–H and O–H groups in total. The number of carbonyl (C=O) groups excluding carboxylic acids is 1. The Morgan fingerprint density at radius 3 is 2.88 bits per heavy atom. The maximum atomic E-state index is 10.9. The fourth-order valence-electron chi connectivity index (χ4n) is 3.39. The summed E-state index contributed by atoms with van der Waals surface area (Å²) in [6, 6.07) is 9.55. The van der Waals surface area contributed by atoms with E-state index in [2.05, 4.69) is 10.5 Å². The quantitative estimate of drug-likeness (QED) is 0.819. The second-order valence-corrected chi connectivity index (χ2v) is 6.31. The van der Waals surface area contributed by atoms with Crippen molar-refractivity contribution in [2.45, 2.75) is 19.3 Å². The van der Waals surface area contributed by atoms with Crippen molar-refractivity contribution in [2.24, 2.45) is 11.8 Å². The minimum absolute atomic E-state index is 0.127. The Bertz CT molecular complexity index is 681. The van der Waals surface area contributed by atoms with Crippen LogP contribution in [0.25, 0.3) is 11.3 Å². The van der Waals surface area contributed by atoms with Crippen LogP contribution in [0.5, 0.6) is 5.75 Å². The minimum Gasteiger partial charge on any atom is -0.550 e. The van der Waals surface area contributed by atoms with E-state index in [1.54, 1.807) is 7.11 Å². The number of nitrogens with two attached hydrogens (primary N) is 1. The molecule has 2 aromatic rings. The van der Waals surface area contributed by atoms with Crippen LogP contribution in [0.4, 0.5) is 0 Å². The summed E-state index contributed by atoms with van der Waals surface area (Å²) in [7, 11) is 1.63. The number of aromatic nitrogens is 1. The highest BCUT2D eigenvalue weighted by Crippen LogP contribution is 2.27. The van der Waals surface area contributed by atoms with Gasteiger partial charge in [-0.1, -0.05) is 5.16 Å². The zero-order valence-corrected chi connectivity index (χ0v) is 13.7. The van der Waals surface area contributed by atoms with Crippen LogP contribution in [0.1, 0.15) is 18.5 Å². The van der Waals surface area contributed by atoms with Crippen molar-refractivity contribution in [1.29, 1.82) is 0 Å². The molecule has 1 aliphatic heterocycles. The van der Waals surface area contributed by atoms with Crippen LogP contribution in [-0.2, 0) is 11.2 Å². The van der Waals surface area contributed by atoms with Gasteiger partial charge in [0.25, 0.3) is 0 Å². The lowest BCUT2D eigenvalue weighted by Crippen LogP contribution is -2.88. The Balaban J connectivity index is 1.69. The zero-order chi connectivity index (χ0) is 16.9. The predicted octanol–water partition coefficient (Wildman–Crippen LogP) is 0.232. The summed E-state index contributed by atoms with van der Waals surface area (Å²) < 4.78 is 10.6. The Kier molecular flexibility index (Phi) is 5.15. The molecule has 24 heavy (non-hydrogen) atoms. The predicted molar refractivity (Wildman–Crippen MR) is 85.1 cm³/mol. The van der Waals surface area contributed by atoms with E-state index in [0.717, 1.165) is 42.9 Å². The summed E-state index contributed by atoms with van der Waals surface area (Å²) in [6.07, 6.45) is 1.76. The second-order valence-electron chi connectivity index (χ2n) is 6.31. The summed E-state index contributed by atoms with van der Waals surface area (Å²) >= 11 is 0. The summed E-state index contributed by atoms with van der Waals surface area (Å²) in [5, 5.41) is 17.3. The maximum absolute atomic E-state index is 10.9. The van der Waals surface area contributed by atoms with Gasteiger partial charge in [0.15, 0.2) is 5.76 Å². The Labute approximate surface area is 140 Å². The molecule has 0 radical (unpaired) electrons. The average Bonchev–Trinajstić information content (AvgIpc) is 3.05. The molecular formula is C18H22N2O4. The van der Waals surface area contributed by atoms with Gasteiger partial charge in [-0.25, -0.2) is 0 Å². The Hall–Kier alpha value is -2.34. The van der Waals surface area contributed by atoms with Gasteiger partial charge in [-0.3, -0.25) is 0 Å². The highest BCUT2D eigenvalue weighted by molar-refractivity contribution is 5.64. The normalized spacial score (nSPS) is 20.7. The lowest BCUT2D eigenvalue weighted by molar-refractivity contribution is -0.672. The van der Waals surface area contributed by atoms with Crippen LogP contribution in [-0.4, -0.2) is 31.3 Å². The number of piperidine rings is 1. The van der Waals surface area contributed by atoms with Gasteiger partial charge in [0.05, 0.1) is 25.9 Å². The highest BCUT2D eigenvalue weighted by atomic mass is 16.5. The van der Waals surface area contributed by atoms with Crippen LogP contribution < -0.4 is 15.2 Å². The molecule has 128 valence electrons. The SMILES string of the molecule is COc1ccc(-c2cc(C[C@H]3C[NH2+]CC[C@H]3CC(=O)[O-])no2)cc1. The summed E-state index contributed by atoms with van der Waals surface area (Å²) in [4.78, 5) is 10.9. The molecule has 1 aromatic heterocycles. The smallest absolute Gasteiger partial charge is 0.167 e. The third-order valence-corrected chi connectivity index (χ3v) is 4.71. The Morgan fingerprint density at radius 2 is 2.17 bits per heavy atom. The first kappa shape index (κ1) is 16.5. The van der Waals surface area contributed by atoms with Crippen molar-refractivity contribution in [1.82, 2.24) is 5.16 Å². The number of rotatable bonds is 6. The van der Waals surface area contributed by atoms with Crippen molar-refractivity contribution >= 4 is 5.97 Å². The van der Waals surface area contributed by atoms with Gasteiger partial charge in [-0.15, -0.1) is 0 Å². The van der Waals surface area contributed by atoms with E-state index in [1.807, 2.05) is 30.3 Å². The van der Waals surface area contributed by atoms with Crippen LogP contribution in [0, 0.1) is 11.8 Å². The molecule has 2 heterocycles. The van der Waals surface area contributed by atoms with Crippen LogP contribution in [0.3, 0.4) is 0 Å². The minimum atomic E-state index is -0.967. The number of carboxylic acid groups (broad SMARTS) is 1. The fourth-order valence-corrected chi connectivity index (χ4v) is 3.39. The third kappa shape index (κ3) is 3.94. The number of hydrogen-bond donors (Lipinski definition) is 1. The molecule has 3 rings (SSSR count). The first-order chi connectivity index (χ1) is 11.7. The molecule has 0 saturated carbocycles. The number of hydrogen-bond acceptors (Lipinski definition) is 5. The van der Waals surface area contributed by atoms with Crippen LogP contribution >= 0.6 is 0 Å². The van der Waals surface area contributed by atoms with E-state index in [9.17, 15) is 9.90 Å². The van der Waals surface area contributed by atoms with Crippen LogP contribution in [0.15, 0.2) is 34.9 Å². The standard InChI is InChI=1S/C18H22N2O4/c1-23-16-4-2-12(3-5-16)17-10-15(20-24-17)8-14-11-19-7-6-13(14)9-18(21)22/h2-5,10,13-14,19H,6-9,11H2,1H3,(H,21,22)/t13-,14-/m0/s1. The highest BCUT2D eigenvalue weighted by Gasteiger charge is 2.28. The van der Waals surface area contributed by atoms with Gasteiger partial charge in [0.2, 0.25) is 0 Å². The number of benzene rings is 1. The number of quaternary nitrogens is 1. The molecule has 1 aromatic carbocycles. The summed E-state index contributed by atoms with van der Waals surface area (Å²) in [6.45, 7) is 1.90. The van der Waals surface area contributed by atoms with E-state index in [1.165, 1.54) is 0 Å². The fraction of sp³-hybridized carbons (Fsp3) is 0.444. The topological polar surface area (TPSA) is 92.0 Å². The third-order valence-electron chi connectivity index (χ3n) is 4.71. The second kappa shape index (κ2) is 7.49. The summed E-state index contributed by atoms with van der Waals surface area (Å²) in [5.74, 6) is 0.975. The van der Waals surface area contributed by atoms with Gasteiger partial charge < -0.3 is 24.5 Å². The maximum Gasteiger partial charge on any atom is 0.167 e. The van der Waals surface area contributed by atoms with E-state index in [0.29, 0.717) is 5.76 Å². The number of carbonyl (C=O) groups is 1. The van der Waals surface area contributed by atoms with Crippen molar-refractivity contribution < 1.29 is 24.5 Å². The molecule has 1 saturated heterocycles. The summed E-state index contributed by atoms with van der Waals surface area (Å²) in [5.41, 5.74) is 1.81. The van der Waals surface area contributed by atoms with E-state index >= 15 is 0 Å². The molecule has 0 amide bonds. The largest absolute Gasteiger partial charge is 0.550 e. The number of carboxylic acids is 1. The molecule has 0 unspecified atom stereocenters. The molecule has 0 spiro atoms. The molecule has 6 heteroatoms. The molecule has 2 atom stereocenters. The van der Waals surface area contributed by atoms with E-state index in [4.69, 9.17) is 9.26 Å². The van der Waals surface area contributed by atoms with Gasteiger partial charge >= 0.3 is 0 Å². The molecule has 6 nitrogen and oxygen atoms in total. The van der Waals surface area contributed by atoms with Gasteiger partial charge in [0.1, 0.15) is 5.75 Å². The molecule has 0 bridgehead atoms. The number of aliphatic carboxylic acids is 1. The zero-order valence-electron chi connectivity index (χ0n) is 13.7. The first-order valence-electron chi connectivity index (χ1n) is 8.27. The molecule has 1 aliphatic rings. The molecule has 1 fully saturated rings. The van der Waals surface area contributed by atoms with Gasteiger partial charge in [0, 0.05) is 36.4 Å². The monoisotopic (exact) mass is 330 g/mol. The molecule has 0 aliphatic carbocycles. The van der Waals surface area contributed by atoms with Gasteiger partial charge in [-0.2, -0.15) is 0 Å². The van der Waals surface area contributed by atoms with Crippen molar-refractivity contribution in [3.8, 4) is 17.1 Å². The van der Waals surface area contributed by atoms with Crippen molar-refractivity contribution in [3.63, 3.8) is 0 Å². The lowest BCUT2D eigenvalue weighted by Gasteiger charge is -2.29.